The van der Waals surface area contributed by atoms with E-state index in [1.807, 2.05) is 27.7 Å². The summed E-state index contributed by atoms with van der Waals surface area (Å²) in [6.45, 7) is 16.8. The molecule has 7 rings (SSSR count). The first-order valence-electron chi connectivity index (χ1n) is 18.0. The molecule has 1 aromatic heterocycles. The third kappa shape index (κ3) is 6.91. The zero-order valence-corrected chi connectivity index (χ0v) is 30.0. The van der Waals surface area contributed by atoms with Crippen LogP contribution < -0.4 is 15.0 Å². The number of carbonyl (C=O) groups excluding carboxylic acids is 1. The number of anilines is 1. The molecule has 5 aliphatic rings. The fraction of sp³-hybridized carbons (Fsp3) is 0.686. The van der Waals surface area contributed by atoms with Gasteiger partial charge < -0.3 is 24.8 Å². The third-order valence-corrected chi connectivity index (χ3v) is 13.4. The Morgan fingerprint density at radius 2 is 1.71 bits per heavy atom. The molecule has 0 radical (unpaired) electrons. The van der Waals surface area contributed by atoms with Gasteiger partial charge in [-0.05, 0) is 101 Å². The monoisotopic (exact) mass is 698 g/mol. The standard InChI is InChI=1S/C35H51FN8O4S/c1-24(2)44(25(3)4)34(45)30-13-29(36)5-6-31(30)48-32-16-38-23-39-33(32)41-10-7-26(18-41)17-40-21-35(22-40)8-11-42(12-9-35)49(46,47)43-19-27-14-37-15-28(27)20-43/h5-6,13,16,23-28,37H,7-12,14-15,17-22H2,1-4H3/t26-,27-,28+/m0/s1. The summed E-state index contributed by atoms with van der Waals surface area (Å²) in [5, 5.41) is 3.39. The lowest BCUT2D eigenvalue weighted by Crippen LogP contribution is -2.62. The number of piperidine rings is 1. The van der Waals surface area contributed by atoms with Gasteiger partial charge in [0.15, 0.2) is 11.6 Å². The molecule has 1 amide bonds. The minimum absolute atomic E-state index is 0.0661. The number of hydrogen-bond donors (Lipinski definition) is 1. The smallest absolute Gasteiger partial charge is 0.281 e. The van der Waals surface area contributed by atoms with Crippen molar-refractivity contribution in [3.8, 4) is 11.5 Å². The number of aromatic nitrogens is 2. The van der Waals surface area contributed by atoms with Crippen LogP contribution in [0.2, 0.25) is 0 Å². The summed E-state index contributed by atoms with van der Waals surface area (Å²) in [4.78, 5) is 28.8. The summed E-state index contributed by atoms with van der Waals surface area (Å²) in [6, 6.07) is 3.91. The van der Waals surface area contributed by atoms with Gasteiger partial charge in [0.1, 0.15) is 17.9 Å². The minimum Gasteiger partial charge on any atom is -0.451 e. The molecule has 5 saturated heterocycles. The number of ether oxygens (including phenoxy) is 1. The number of likely N-dealkylation sites (tertiary alicyclic amines) is 1. The van der Waals surface area contributed by atoms with Gasteiger partial charge in [-0.1, -0.05) is 0 Å². The molecular formula is C35H51FN8O4S. The van der Waals surface area contributed by atoms with Gasteiger partial charge in [-0.25, -0.2) is 14.4 Å². The highest BCUT2D eigenvalue weighted by Gasteiger charge is 2.49. The molecule has 1 spiro atoms. The van der Waals surface area contributed by atoms with Crippen LogP contribution >= 0.6 is 0 Å². The van der Waals surface area contributed by atoms with Crippen molar-refractivity contribution < 1.29 is 22.3 Å². The van der Waals surface area contributed by atoms with E-state index < -0.39 is 16.0 Å². The van der Waals surface area contributed by atoms with Gasteiger partial charge in [0.25, 0.3) is 16.1 Å². The quantitative estimate of drug-likeness (QED) is 0.400. The van der Waals surface area contributed by atoms with Crippen LogP contribution in [0, 0.1) is 29.0 Å². The highest BCUT2D eigenvalue weighted by molar-refractivity contribution is 7.86. The molecule has 0 bridgehead atoms. The van der Waals surface area contributed by atoms with Crippen molar-refractivity contribution in [1.29, 1.82) is 0 Å². The molecule has 14 heteroatoms. The van der Waals surface area contributed by atoms with Gasteiger partial charge in [0.2, 0.25) is 0 Å². The Labute approximate surface area is 290 Å². The molecule has 5 fully saturated rings. The number of carbonyl (C=O) groups is 1. The normalized spacial score (nSPS) is 26.1. The maximum Gasteiger partial charge on any atom is 0.281 e. The van der Waals surface area contributed by atoms with Gasteiger partial charge in [-0.15, -0.1) is 0 Å². The molecule has 5 aliphatic heterocycles. The molecule has 1 aromatic carbocycles. The predicted molar refractivity (Wildman–Crippen MR) is 185 cm³/mol. The Morgan fingerprint density at radius 1 is 1.02 bits per heavy atom. The van der Waals surface area contributed by atoms with Crippen LogP contribution in [0.3, 0.4) is 0 Å². The summed E-state index contributed by atoms with van der Waals surface area (Å²) >= 11 is 0. The van der Waals surface area contributed by atoms with E-state index in [9.17, 15) is 17.6 Å². The predicted octanol–water partition coefficient (Wildman–Crippen LogP) is 3.29. The summed E-state index contributed by atoms with van der Waals surface area (Å²) in [7, 11) is -3.38. The summed E-state index contributed by atoms with van der Waals surface area (Å²) in [6.07, 6.45) is 5.97. The van der Waals surface area contributed by atoms with E-state index in [0.29, 0.717) is 55.5 Å². The average molecular weight is 699 g/mol. The molecule has 0 saturated carbocycles. The lowest BCUT2D eigenvalue weighted by molar-refractivity contribution is -0.0412. The second kappa shape index (κ2) is 13.7. The fourth-order valence-corrected chi connectivity index (χ4v) is 10.7. The number of nitrogens with one attached hydrogen (secondary N) is 1. The Hall–Kier alpha value is -2.91. The van der Waals surface area contributed by atoms with Crippen LogP contribution in [0.25, 0.3) is 0 Å². The first kappa shape index (κ1) is 34.5. The van der Waals surface area contributed by atoms with Crippen LogP contribution in [-0.4, -0.2) is 127 Å². The van der Waals surface area contributed by atoms with Crippen molar-refractivity contribution in [3.63, 3.8) is 0 Å². The van der Waals surface area contributed by atoms with Gasteiger partial charge in [-0.2, -0.15) is 17.0 Å². The highest BCUT2D eigenvalue weighted by atomic mass is 32.2. The van der Waals surface area contributed by atoms with Crippen molar-refractivity contribution in [1.82, 2.24) is 33.7 Å². The topological polar surface area (TPSA) is 114 Å². The lowest BCUT2D eigenvalue weighted by atomic mass is 9.72. The molecule has 49 heavy (non-hydrogen) atoms. The second-order valence-corrected chi connectivity index (χ2v) is 17.5. The van der Waals surface area contributed by atoms with Crippen LogP contribution in [0.4, 0.5) is 10.2 Å². The molecule has 1 N–H and O–H groups in total. The van der Waals surface area contributed by atoms with Crippen molar-refractivity contribution in [2.75, 3.05) is 76.9 Å². The largest absolute Gasteiger partial charge is 0.451 e. The highest BCUT2D eigenvalue weighted by Crippen LogP contribution is 2.43. The minimum atomic E-state index is -3.38. The number of nitrogens with zero attached hydrogens (tertiary/aromatic N) is 7. The van der Waals surface area contributed by atoms with E-state index >= 15 is 0 Å². The zero-order chi connectivity index (χ0) is 34.5. The number of fused-ring (bicyclic) bond motifs is 1. The zero-order valence-electron chi connectivity index (χ0n) is 29.2. The van der Waals surface area contributed by atoms with Gasteiger partial charge in [0, 0.05) is 71.0 Å². The lowest BCUT2D eigenvalue weighted by Gasteiger charge is -2.54. The third-order valence-electron chi connectivity index (χ3n) is 11.4. The maximum atomic E-state index is 14.4. The van der Waals surface area contributed by atoms with E-state index in [1.165, 1.54) is 24.5 Å². The molecule has 0 aliphatic carbocycles. The number of benzene rings is 1. The van der Waals surface area contributed by atoms with E-state index in [4.69, 9.17) is 4.74 Å². The van der Waals surface area contributed by atoms with Crippen LogP contribution in [0.15, 0.2) is 30.7 Å². The molecule has 2 aromatic rings. The summed E-state index contributed by atoms with van der Waals surface area (Å²) in [5.41, 5.74) is 0.386. The van der Waals surface area contributed by atoms with Crippen LogP contribution in [0.1, 0.15) is 57.3 Å². The Morgan fingerprint density at radius 3 is 2.39 bits per heavy atom. The molecule has 0 unspecified atom stereocenters. The Balaban J connectivity index is 0.933. The molecule has 12 nitrogen and oxygen atoms in total. The van der Waals surface area contributed by atoms with Crippen molar-refractivity contribution in [2.24, 2.45) is 23.2 Å². The Bertz CT molecular complexity index is 1610. The first-order chi connectivity index (χ1) is 23.4. The molecular weight excluding hydrogens is 648 g/mol. The molecule has 268 valence electrons. The molecule has 3 atom stereocenters. The van der Waals surface area contributed by atoms with Crippen molar-refractivity contribution in [3.05, 3.63) is 42.1 Å². The number of amides is 1. The average Bonchev–Trinajstić information content (AvgIpc) is 3.79. The van der Waals surface area contributed by atoms with Gasteiger partial charge in [-0.3, -0.25) is 4.79 Å². The number of rotatable bonds is 10. The van der Waals surface area contributed by atoms with Crippen LogP contribution in [0.5, 0.6) is 11.5 Å². The van der Waals surface area contributed by atoms with Gasteiger partial charge >= 0.3 is 0 Å². The van der Waals surface area contributed by atoms with Gasteiger partial charge in [0.05, 0.1) is 11.8 Å². The van der Waals surface area contributed by atoms with Crippen molar-refractivity contribution in [2.45, 2.75) is 59.0 Å². The van der Waals surface area contributed by atoms with Crippen molar-refractivity contribution >= 4 is 21.9 Å². The van der Waals surface area contributed by atoms with E-state index in [2.05, 4.69) is 25.1 Å². The van der Waals surface area contributed by atoms with E-state index in [1.54, 1.807) is 19.7 Å². The van der Waals surface area contributed by atoms with E-state index in [-0.39, 0.29) is 34.7 Å². The maximum absolute atomic E-state index is 14.4. The van der Waals surface area contributed by atoms with E-state index in [0.717, 1.165) is 65.1 Å². The first-order valence-corrected chi connectivity index (χ1v) is 19.4. The Kier molecular flexibility index (Phi) is 9.63. The number of hydrogen-bond acceptors (Lipinski definition) is 9. The summed E-state index contributed by atoms with van der Waals surface area (Å²) in [5.74, 6) is 1.95. The SMILES string of the molecule is CC(C)N(C(=O)c1cc(F)ccc1Oc1cncnc1N1CC[C@@H](CN2CC3(CCN(S(=O)(=O)N4C[C@H]5CNC[C@H]5C4)CC3)C2)C1)C(C)C. The second-order valence-electron chi connectivity index (χ2n) is 15.5. The fourth-order valence-electron chi connectivity index (χ4n) is 8.94. The van der Waals surface area contributed by atoms with Crippen LogP contribution in [-0.2, 0) is 10.2 Å². The summed E-state index contributed by atoms with van der Waals surface area (Å²) < 4.78 is 51.0. The molecule has 6 heterocycles. The number of halogens is 1.